The maximum Gasteiger partial charge on any atom is 0.153 e. The molecular formula is C20H27N2O2P. The average molecular weight is 358 g/mol. The molecule has 2 aromatic carbocycles. The van der Waals surface area contributed by atoms with Gasteiger partial charge in [0.1, 0.15) is 6.29 Å². The van der Waals surface area contributed by atoms with Crippen molar-refractivity contribution in [3.05, 3.63) is 71.3 Å². The highest BCUT2D eigenvalue weighted by atomic mass is 31.2. The van der Waals surface area contributed by atoms with Crippen LogP contribution >= 0.6 is 7.29 Å². The first kappa shape index (κ1) is 19.6. The van der Waals surface area contributed by atoms with E-state index in [2.05, 4.69) is 41.6 Å². The molecule has 134 valence electrons. The smallest absolute Gasteiger partial charge is 0.153 e. The van der Waals surface area contributed by atoms with Crippen LogP contribution in [0.25, 0.3) is 0 Å². The summed E-state index contributed by atoms with van der Waals surface area (Å²) in [5.41, 5.74) is 3.47. The number of hydrogen-bond donors (Lipinski definition) is 2. The largest absolute Gasteiger partial charge is 0.312 e. The molecule has 25 heavy (non-hydrogen) atoms. The van der Waals surface area contributed by atoms with Gasteiger partial charge in [0.2, 0.25) is 0 Å². The number of rotatable bonds is 10. The fourth-order valence-electron chi connectivity index (χ4n) is 2.67. The molecule has 0 saturated carbocycles. The summed E-state index contributed by atoms with van der Waals surface area (Å²) in [6.07, 6.45) is 1.77. The monoisotopic (exact) mass is 358 g/mol. The number of hydrogen-bond acceptors (Lipinski definition) is 3. The first-order valence-electron chi connectivity index (χ1n) is 8.62. The minimum atomic E-state index is -2.69. The third kappa shape index (κ3) is 6.95. The quantitative estimate of drug-likeness (QED) is 0.386. The molecule has 0 heterocycles. The van der Waals surface area contributed by atoms with Crippen LogP contribution in [-0.4, -0.2) is 25.0 Å². The Labute approximate surface area is 150 Å². The Morgan fingerprint density at radius 3 is 2.36 bits per heavy atom. The molecular weight excluding hydrogens is 331 g/mol. The van der Waals surface area contributed by atoms with Crippen LogP contribution in [-0.2, 0) is 22.1 Å². The van der Waals surface area contributed by atoms with Crippen LogP contribution in [0.2, 0.25) is 0 Å². The van der Waals surface area contributed by atoms with Gasteiger partial charge in [-0.25, -0.2) is 0 Å². The lowest BCUT2D eigenvalue weighted by Gasteiger charge is -2.22. The number of aldehydes is 1. The van der Waals surface area contributed by atoms with E-state index in [-0.39, 0.29) is 0 Å². The summed E-state index contributed by atoms with van der Waals surface area (Å²) >= 11 is 0. The molecule has 2 atom stereocenters. The van der Waals surface area contributed by atoms with E-state index in [1.165, 1.54) is 11.1 Å². The van der Waals surface area contributed by atoms with Crippen molar-refractivity contribution < 1.29 is 9.36 Å². The molecule has 0 amide bonds. The van der Waals surface area contributed by atoms with Gasteiger partial charge < -0.3 is 14.7 Å². The Kier molecular flexibility index (Phi) is 7.57. The predicted octanol–water partition coefficient (Wildman–Crippen LogP) is 3.74. The van der Waals surface area contributed by atoms with Gasteiger partial charge in [-0.2, -0.15) is 0 Å². The van der Waals surface area contributed by atoms with Gasteiger partial charge in [-0.05, 0) is 25.0 Å². The van der Waals surface area contributed by atoms with Crippen molar-refractivity contribution >= 4 is 13.6 Å². The van der Waals surface area contributed by atoms with Crippen LogP contribution in [0.1, 0.15) is 23.6 Å². The number of aryl methyl sites for hydroxylation is 1. The van der Waals surface area contributed by atoms with Crippen molar-refractivity contribution in [1.29, 1.82) is 0 Å². The van der Waals surface area contributed by atoms with E-state index in [0.29, 0.717) is 18.9 Å². The van der Waals surface area contributed by atoms with E-state index < -0.39 is 13.3 Å². The van der Waals surface area contributed by atoms with Crippen LogP contribution in [0.15, 0.2) is 54.6 Å². The van der Waals surface area contributed by atoms with Crippen molar-refractivity contribution in [3.8, 4) is 0 Å². The highest BCUT2D eigenvalue weighted by molar-refractivity contribution is 7.61. The zero-order valence-electron chi connectivity index (χ0n) is 14.9. The van der Waals surface area contributed by atoms with Gasteiger partial charge in [-0.3, -0.25) is 5.09 Å². The molecule has 0 bridgehead atoms. The highest BCUT2D eigenvalue weighted by Crippen LogP contribution is 2.44. The third-order valence-electron chi connectivity index (χ3n) is 4.02. The minimum absolute atomic E-state index is 0.411. The normalized spacial score (nSPS) is 14.6. The fourth-order valence-corrected chi connectivity index (χ4v) is 5.17. The van der Waals surface area contributed by atoms with Crippen molar-refractivity contribution in [2.24, 2.45) is 0 Å². The average Bonchev–Trinajstić information content (AvgIpc) is 2.61. The Morgan fingerprint density at radius 1 is 1.04 bits per heavy atom. The Bertz CT molecular complexity index is 701. The summed E-state index contributed by atoms with van der Waals surface area (Å²) < 4.78 is 13.3. The van der Waals surface area contributed by atoms with Crippen LogP contribution in [0.4, 0.5) is 0 Å². The summed E-state index contributed by atoms with van der Waals surface area (Å²) in [6, 6.07) is 17.7. The second-order valence-corrected chi connectivity index (χ2v) is 9.27. The van der Waals surface area contributed by atoms with E-state index >= 15 is 0 Å². The molecule has 0 spiro atoms. The maximum absolute atomic E-state index is 13.3. The van der Waals surface area contributed by atoms with Gasteiger partial charge in [0.05, 0.1) is 6.04 Å². The lowest BCUT2D eigenvalue weighted by Crippen LogP contribution is -2.29. The van der Waals surface area contributed by atoms with Crippen LogP contribution < -0.4 is 10.4 Å². The Morgan fingerprint density at radius 2 is 1.72 bits per heavy atom. The second kappa shape index (κ2) is 9.67. The Balaban J connectivity index is 1.92. The van der Waals surface area contributed by atoms with Crippen LogP contribution in [0, 0.1) is 6.92 Å². The SMILES string of the molecule is Cc1ccc(CNCCP(=O)(Cc2ccccc2)N[C@@H](C)C=O)cc1. The van der Waals surface area contributed by atoms with E-state index in [1.54, 1.807) is 6.92 Å². The lowest BCUT2D eigenvalue weighted by molar-refractivity contribution is -0.108. The molecule has 4 nitrogen and oxygen atoms in total. The van der Waals surface area contributed by atoms with Crippen molar-refractivity contribution in [3.63, 3.8) is 0 Å². The maximum atomic E-state index is 13.3. The summed E-state index contributed by atoms with van der Waals surface area (Å²) in [6.45, 7) is 5.19. The van der Waals surface area contributed by atoms with Gasteiger partial charge in [0, 0.05) is 25.4 Å². The van der Waals surface area contributed by atoms with E-state index in [0.717, 1.165) is 18.4 Å². The molecule has 5 heteroatoms. The molecule has 0 aliphatic heterocycles. The first-order valence-corrected chi connectivity index (χ1v) is 10.7. The third-order valence-corrected chi connectivity index (χ3v) is 6.72. The summed E-state index contributed by atoms with van der Waals surface area (Å²) in [5.74, 6) is 0. The standard InChI is InChI=1S/C20H27N2O2P/c1-17-8-10-19(11-9-17)14-21-12-13-25(24,22-18(2)15-23)16-20-6-4-3-5-7-20/h3-11,15,18,21H,12-14,16H2,1-2H3,(H,22,24)/t18-,25?/m0/s1. The molecule has 0 aliphatic carbocycles. The number of carbonyl (C=O) groups excluding carboxylic acids is 1. The molecule has 0 aliphatic rings. The highest BCUT2D eigenvalue weighted by Gasteiger charge is 2.24. The predicted molar refractivity (Wildman–Crippen MR) is 104 cm³/mol. The van der Waals surface area contributed by atoms with Gasteiger partial charge in [-0.1, -0.05) is 60.2 Å². The van der Waals surface area contributed by atoms with Crippen molar-refractivity contribution in [1.82, 2.24) is 10.4 Å². The van der Waals surface area contributed by atoms with Crippen LogP contribution in [0.5, 0.6) is 0 Å². The van der Waals surface area contributed by atoms with E-state index in [4.69, 9.17) is 0 Å². The molecule has 2 aromatic rings. The van der Waals surface area contributed by atoms with Gasteiger partial charge in [-0.15, -0.1) is 0 Å². The number of benzene rings is 2. The van der Waals surface area contributed by atoms with Gasteiger partial charge in [0.15, 0.2) is 7.29 Å². The minimum Gasteiger partial charge on any atom is -0.312 e. The summed E-state index contributed by atoms with van der Waals surface area (Å²) in [7, 11) is -2.69. The van der Waals surface area contributed by atoms with Gasteiger partial charge >= 0.3 is 0 Å². The molecule has 1 unspecified atom stereocenters. The zero-order valence-corrected chi connectivity index (χ0v) is 15.8. The van der Waals surface area contributed by atoms with E-state index in [9.17, 15) is 9.36 Å². The van der Waals surface area contributed by atoms with Crippen molar-refractivity contribution in [2.45, 2.75) is 32.6 Å². The molecule has 2 rings (SSSR count). The molecule has 0 fully saturated rings. The number of nitrogens with one attached hydrogen (secondary N) is 2. The summed E-state index contributed by atoms with van der Waals surface area (Å²) in [4.78, 5) is 11.0. The van der Waals surface area contributed by atoms with Gasteiger partial charge in [0.25, 0.3) is 0 Å². The zero-order chi connectivity index (χ0) is 18.1. The topological polar surface area (TPSA) is 58.2 Å². The number of carbonyl (C=O) groups is 1. The van der Waals surface area contributed by atoms with Crippen LogP contribution in [0.3, 0.4) is 0 Å². The molecule has 2 N–H and O–H groups in total. The molecule has 0 aromatic heterocycles. The summed E-state index contributed by atoms with van der Waals surface area (Å²) in [5, 5.41) is 6.40. The molecule has 0 saturated heterocycles. The molecule has 0 radical (unpaired) electrons. The second-order valence-electron chi connectivity index (χ2n) is 6.47. The van der Waals surface area contributed by atoms with Crippen molar-refractivity contribution in [2.75, 3.05) is 12.7 Å². The van der Waals surface area contributed by atoms with E-state index in [1.807, 2.05) is 30.3 Å². The first-order chi connectivity index (χ1) is 12.0. The lowest BCUT2D eigenvalue weighted by atomic mass is 10.1. The Hall–Kier alpha value is -1.74. The fraction of sp³-hybridized carbons (Fsp3) is 0.350.